The van der Waals surface area contributed by atoms with Gasteiger partial charge in [-0.2, -0.15) is 0 Å². The van der Waals surface area contributed by atoms with Gasteiger partial charge in [0.1, 0.15) is 0 Å². The van der Waals surface area contributed by atoms with Crippen molar-refractivity contribution in [3.8, 4) is 0 Å². The summed E-state index contributed by atoms with van der Waals surface area (Å²) < 4.78 is 0. The zero-order chi connectivity index (χ0) is 14.8. The van der Waals surface area contributed by atoms with Gasteiger partial charge in [0.2, 0.25) is 0 Å². The molecule has 1 aromatic carbocycles. The van der Waals surface area contributed by atoms with Crippen LogP contribution in [0.3, 0.4) is 0 Å². The Morgan fingerprint density at radius 3 is 2.71 bits per heavy atom. The predicted octanol–water partition coefficient (Wildman–Crippen LogP) is 4.23. The highest BCUT2D eigenvalue weighted by Crippen LogP contribution is 2.51. The van der Waals surface area contributed by atoms with E-state index in [1.807, 2.05) is 0 Å². The summed E-state index contributed by atoms with van der Waals surface area (Å²) in [6.07, 6.45) is 7.32. The van der Waals surface area contributed by atoms with Crippen LogP contribution in [0, 0.1) is 17.8 Å². The number of anilines is 1. The standard InChI is InChI=1S/C19H30N2/c1-4-20-19(13-17-11-14-8-9-15(17)10-14)16-6-5-7-18(12-16)21(2)3/h5-7,12,14-15,17,19-20H,4,8-11,13H2,1-3H3. The summed E-state index contributed by atoms with van der Waals surface area (Å²) in [5.41, 5.74) is 2.77. The molecule has 0 radical (unpaired) electrons. The third kappa shape index (κ3) is 3.26. The van der Waals surface area contributed by atoms with Gasteiger partial charge in [0.25, 0.3) is 0 Å². The molecule has 2 aliphatic carbocycles. The van der Waals surface area contributed by atoms with Crippen LogP contribution in [-0.2, 0) is 0 Å². The maximum atomic E-state index is 3.73. The van der Waals surface area contributed by atoms with Gasteiger partial charge in [0, 0.05) is 25.8 Å². The minimum absolute atomic E-state index is 0.527. The van der Waals surface area contributed by atoms with E-state index in [9.17, 15) is 0 Å². The molecule has 2 fully saturated rings. The SMILES string of the molecule is CCNC(CC1CC2CCC1C2)c1cccc(N(C)C)c1. The molecule has 2 saturated carbocycles. The average molecular weight is 286 g/mol. The molecular formula is C19H30N2. The Labute approximate surface area is 129 Å². The molecule has 4 atom stereocenters. The van der Waals surface area contributed by atoms with Gasteiger partial charge >= 0.3 is 0 Å². The van der Waals surface area contributed by atoms with Crippen molar-refractivity contribution in [3.63, 3.8) is 0 Å². The van der Waals surface area contributed by atoms with Crippen molar-refractivity contribution in [2.75, 3.05) is 25.5 Å². The Morgan fingerprint density at radius 2 is 2.10 bits per heavy atom. The van der Waals surface area contributed by atoms with E-state index < -0.39 is 0 Å². The second-order valence-electron chi connectivity index (χ2n) is 7.27. The van der Waals surface area contributed by atoms with E-state index in [1.165, 1.54) is 43.4 Å². The first-order valence-corrected chi connectivity index (χ1v) is 8.68. The molecule has 3 rings (SSSR count). The van der Waals surface area contributed by atoms with Crippen molar-refractivity contribution in [1.29, 1.82) is 0 Å². The smallest absolute Gasteiger partial charge is 0.0364 e. The summed E-state index contributed by atoms with van der Waals surface area (Å²) in [7, 11) is 4.24. The first-order valence-electron chi connectivity index (χ1n) is 8.68. The zero-order valence-electron chi connectivity index (χ0n) is 13.8. The molecule has 2 bridgehead atoms. The van der Waals surface area contributed by atoms with Gasteiger partial charge in [-0.1, -0.05) is 25.5 Å². The van der Waals surface area contributed by atoms with E-state index in [4.69, 9.17) is 0 Å². The number of hydrogen-bond acceptors (Lipinski definition) is 2. The third-order valence-electron chi connectivity index (χ3n) is 5.66. The zero-order valence-corrected chi connectivity index (χ0v) is 13.8. The number of nitrogens with zero attached hydrogens (tertiary/aromatic N) is 1. The fraction of sp³-hybridized carbons (Fsp3) is 0.684. The van der Waals surface area contributed by atoms with Gasteiger partial charge in [0.05, 0.1) is 0 Å². The molecule has 0 amide bonds. The van der Waals surface area contributed by atoms with Crippen molar-refractivity contribution in [2.24, 2.45) is 17.8 Å². The fourth-order valence-electron chi connectivity index (χ4n) is 4.57. The molecule has 116 valence electrons. The van der Waals surface area contributed by atoms with Crippen molar-refractivity contribution >= 4 is 5.69 Å². The van der Waals surface area contributed by atoms with Crippen molar-refractivity contribution in [1.82, 2.24) is 5.32 Å². The summed E-state index contributed by atoms with van der Waals surface area (Å²) in [4.78, 5) is 2.20. The van der Waals surface area contributed by atoms with E-state index in [1.54, 1.807) is 0 Å². The lowest BCUT2D eigenvalue weighted by Crippen LogP contribution is -2.25. The second kappa shape index (κ2) is 6.39. The highest BCUT2D eigenvalue weighted by atomic mass is 15.1. The van der Waals surface area contributed by atoms with Gasteiger partial charge < -0.3 is 10.2 Å². The van der Waals surface area contributed by atoms with E-state index in [0.29, 0.717) is 6.04 Å². The maximum absolute atomic E-state index is 3.73. The van der Waals surface area contributed by atoms with Crippen molar-refractivity contribution in [3.05, 3.63) is 29.8 Å². The summed E-state index contributed by atoms with van der Waals surface area (Å²) in [6, 6.07) is 9.59. The monoisotopic (exact) mass is 286 g/mol. The number of fused-ring (bicyclic) bond motifs is 2. The van der Waals surface area contributed by atoms with E-state index in [0.717, 1.165) is 24.3 Å². The summed E-state index contributed by atoms with van der Waals surface area (Å²) in [6.45, 7) is 3.28. The molecule has 0 heterocycles. The van der Waals surface area contributed by atoms with Crippen LogP contribution in [0.15, 0.2) is 24.3 Å². The molecule has 4 unspecified atom stereocenters. The summed E-state index contributed by atoms with van der Waals surface area (Å²) in [5, 5.41) is 3.73. The molecule has 0 aromatic heterocycles. The van der Waals surface area contributed by atoms with Gasteiger partial charge in [-0.15, -0.1) is 0 Å². The van der Waals surface area contributed by atoms with Crippen LogP contribution in [0.25, 0.3) is 0 Å². The van der Waals surface area contributed by atoms with Gasteiger partial charge in [-0.3, -0.25) is 0 Å². The maximum Gasteiger partial charge on any atom is 0.0364 e. The van der Waals surface area contributed by atoms with Crippen LogP contribution in [0.2, 0.25) is 0 Å². The van der Waals surface area contributed by atoms with E-state index in [-0.39, 0.29) is 0 Å². The highest BCUT2D eigenvalue weighted by molar-refractivity contribution is 5.47. The van der Waals surface area contributed by atoms with Crippen molar-refractivity contribution in [2.45, 2.75) is 45.1 Å². The fourth-order valence-corrected chi connectivity index (χ4v) is 4.57. The Kier molecular flexibility index (Phi) is 4.54. The average Bonchev–Trinajstić information content (AvgIpc) is 3.09. The minimum Gasteiger partial charge on any atom is -0.378 e. The van der Waals surface area contributed by atoms with Crippen LogP contribution in [0.1, 0.15) is 50.6 Å². The molecule has 2 nitrogen and oxygen atoms in total. The highest BCUT2D eigenvalue weighted by Gasteiger charge is 2.40. The molecule has 0 spiro atoms. The number of hydrogen-bond donors (Lipinski definition) is 1. The quantitative estimate of drug-likeness (QED) is 0.842. The predicted molar refractivity (Wildman–Crippen MR) is 90.7 cm³/mol. The van der Waals surface area contributed by atoms with Crippen LogP contribution >= 0.6 is 0 Å². The Balaban J connectivity index is 1.73. The number of rotatable bonds is 6. The van der Waals surface area contributed by atoms with E-state index >= 15 is 0 Å². The molecule has 2 aliphatic rings. The normalized spacial score (nSPS) is 28.8. The summed E-state index contributed by atoms with van der Waals surface area (Å²) in [5.74, 6) is 3.03. The van der Waals surface area contributed by atoms with Gasteiger partial charge in [-0.05, 0) is 67.7 Å². The molecule has 1 N–H and O–H groups in total. The van der Waals surface area contributed by atoms with Crippen molar-refractivity contribution < 1.29 is 0 Å². The molecule has 21 heavy (non-hydrogen) atoms. The van der Waals surface area contributed by atoms with Crippen LogP contribution < -0.4 is 10.2 Å². The second-order valence-corrected chi connectivity index (χ2v) is 7.27. The summed E-state index contributed by atoms with van der Waals surface area (Å²) >= 11 is 0. The minimum atomic E-state index is 0.527. The van der Waals surface area contributed by atoms with Gasteiger partial charge in [-0.25, -0.2) is 0 Å². The number of nitrogens with one attached hydrogen (secondary N) is 1. The van der Waals surface area contributed by atoms with Crippen LogP contribution in [-0.4, -0.2) is 20.6 Å². The molecule has 0 aliphatic heterocycles. The lowest BCUT2D eigenvalue weighted by Gasteiger charge is -2.28. The third-order valence-corrected chi connectivity index (χ3v) is 5.66. The molecule has 2 heteroatoms. The van der Waals surface area contributed by atoms with Crippen LogP contribution in [0.5, 0.6) is 0 Å². The lowest BCUT2D eigenvalue weighted by atomic mass is 9.82. The Hall–Kier alpha value is -1.02. The molecule has 0 saturated heterocycles. The Bertz CT molecular complexity index is 468. The van der Waals surface area contributed by atoms with Gasteiger partial charge in [0.15, 0.2) is 0 Å². The molecular weight excluding hydrogens is 256 g/mol. The number of benzene rings is 1. The largest absolute Gasteiger partial charge is 0.378 e. The first-order chi connectivity index (χ1) is 10.2. The topological polar surface area (TPSA) is 15.3 Å². The van der Waals surface area contributed by atoms with E-state index in [2.05, 4.69) is 55.5 Å². The van der Waals surface area contributed by atoms with Crippen LogP contribution in [0.4, 0.5) is 5.69 Å². The molecule has 1 aromatic rings. The Morgan fingerprint density at radius 1 is 1.24 bits per heavy atom. The first kappa shape index (κ1) is 14.9. The lowest BCUT2D eigenvalue weighted by molar-refractivity contribution is 0.280.